The Balaban J connectivity index is 1.55. The van der Waals surface area contributed by atoms with Crippen molar-refractivity contribution in [2.75, 3.05) is 6.54 Å². The second-order valence-electron chi connectivity index (χ2n) is 8.25. The van der Waals surface area contributed by atoms with Crippen molar-refractivity contribution in [2.24, 2.45) is 0 Å². The normalized spacial score (nSPS) is 17.7. The van der Waals surface area contributed by atoms with Crippen molar-refractivity contribution in [2.45, 2.75) is 19.4 Å². The van der Waals surface area contributed by atoms with Crippen LogP contribution in [0.15, 0.2) is 84.8 Å². The fraction of sp³-hybridized carbons (Fsp3) is 0.148. The minimum absolute atomic E-state index is 0.0933. The number of aromatic amines is 1. The maximum atomic E-state index is 13.1. The van der Waals surface area contributed by atoms with Gasteiger partial charge in [0, 0.05) is 41.6 Å². The number of aryl methyl sites for hydroxylation is 1. The third-order valence-electron chi connectivity index (χ3n) is 6.16. The molecule has 1 atom stereocenters. The lowest BCUT2D eigenvalue weighted by Crippen LogP contribution is -2.31. The highest BCUT2D eigenvalue weighted by molar-refractivity contribution is 6.46. The van der Waals surface area contributed by atoms with E-state index >= 15 is 0 Å². The summed E-state index contributed by atoms with van der Waals surface area (Å²) >= 11 is 0. The van der Waals surface area contributed by atoms with Crippen molar-refractivity contribution >= 4 is 28.4 Å². The van der Waals surface area contributed by atoms with Gasteiger partial charge in [-0.15, -0.1) is 0 Å². The first-order valence-corrected chi connectivity index (χ1v) is 10.8. The molecule has 5 rings (SSSR count). The predicted molar refractivity (Wildman–Crippen MR) is 126 cm³/mol. The molecule has 0 spiro atoms. The summed E-state index contributed by atoms with van der Waals surface area (Å²) in [5.41, 5.74) is 4.41. The van der Waals surface area contributed by atoms with Crippen molar-refractivity contribution < 1.29 is 14.7 Å². The second kappa shape index (κ2) is 8.39. The molecule has 6 heteroatoms. The summed E-state index contributed by atoms with van der Waals surface area (Å²) in [7, 11) is 0. The SMILES string of the molecule is Cc1ccc(/C(O)=C2/C(=O)C(=O)N(CCc3c[nH]c4ccccc34)C2c2cccnc2)cc1. The summed E-state index contributed by atoms with van der Waals surface area (Å²) in [6.45, 7) is 2.28. The van der Waals surface area contributed by atoms with Gasteiger partial charge in [-0.2, -0.15) is 0 Å². The largest absolute Gasteiger partial charge is 0.507 e. The van der Waals surface area contributed by atoms with Gasteiger partial charge in [-0.1, -0.05) is 54.1 Å². The molecule has 2 aromatic heterocycles. The van der Waals surface area contributed by atoms with Crippen LogP contribution >= 0.6 is 0 Å². The van der Waals surface area contributed by atoms with Crippen molar-refractivity contribution in [3.05, 3.63) is 107 Å². The Bertz CT molecular complexity index is 1370. The lowest BCUT2D eigenvalue weighted by atomic mass is 9.96. The molecule has 1 saturated heterocycles. The van der Waals surface area contributed by atoms with Gasteiger partial charge in [-0.3, -0.25) is 14.6 Å². The standard InChI is InChI=1S/C27H23N3O3/c1-17-8-10-18(11-9-17)25(31)23-24(20-5-4-13-28-15-20)30(27(33)26(23)32)14-12-19-16-29-22-7-3-2-6-21(19)22/h2-11,13,15-16,24,29,31H,12,14H2,1H3/b25-23-. The minimum Gasteiger partial charge on any atom is -0.507 e. The van der Waals surface area contributed by atoms with E-state index < -0.39 is 17.7 Å². The van der Waals surface area contributed by atoms with Crippen LogP contribution in [0.4, 0.5) is 0 Å². The third kappa shape index (κ3) is 3.69. The van der Waals surface area contributed by atoms with Crippen LogP contribution < -0.4 is 0 Å². The van der Waals surface area contributed by atoms with E-state index in [0.717, 1.165) is 22.0 Å². The number of amides is 1. The Kier molecular flexibility index (Phi) is 5.26. The molecule has 0 saturated carbocycles. The molecule has 3 heterocycles. The quantitative estimate of drug-likeness (QED) is 0.273. The van der Waals surface area contributed by atoms with Crippen LogP contribution in [0.2, 0.25) is 0 Å². The number of benzene rings is 2. The van der Waals surface area contributed by atoms with Gasteiger partial charge in [0.25, 0.3) is 11.7 Å². The Morgan fingerprint density at radius 2 is 1.85 bits per heavy atom. The lowest BCUT2D eigenvalue weighted by Gasteiger charge is -2.25. The molecule has 4 aromatic rings. The van der Waals surface area contributed by atoms with Crippen molar-refractivity contribution in [1.82, 2.24) is 14.9 Å². The molecule has 33 heavy (non-hydrogen) atoms. The zero-order chi connectivity index (χ0) is 22.9. The predicted octanol–water partition coefficient (Wildman–Crippen LogP) is 4.54. The minimum atomic E-state index is -0.704. The Labute approximate surface area is 191 Å². The molecule has 1 amide bonds. The lowest BCUT2D eigenvalue weighted by molar-refractivity contribution is -0.139. The number of para-hydroxylation sites is 1. The number of hydrogen-bond acceptors (Lipinski definition) is 4. The van der Waals surface area contributed by atoms with E-state index in [9.17, 15) is 14.7 Å². The van der Waals surface area contributed by atoms with Crippen LogP contribution in [0, 0.1) is 6.92 Å². The van der Waals surface area contributed by atoms with Gasteiger partial charge in [0.15, 0.2) is 0 Å². The Morgan fingerprint density at radius 1 is 1.06 bits per heavy atom. The number of fused-ring (bicyclic) bond motifs is 1. The van der Waals surface area contributed by atoms with Crippen molar-refractivity contribution in [1.29, 1.82) is 0 Å². The topological polar surface area (TPSA) is 86.3 Å². The van der Waals surface area contributed by atoms with E-state index in [-0.39, 0.29) is 11.3 Å². The van der Waals surface area contributed by atoms with Crippen LogP contribution in [-0.4, -0.2) is 38.2 Å². The molecule has 1 aliphatic heterocycles. The summed E-state index contributed by atoms with van der Waals surface area (Å²) in [5.74, 6) is -1.46. The molecule has 1 unspecified atom stereocenters. The molecule has 0 radical (unpaired) electrons. The number of nitrogens with one attached hydrogen (secondary N) is 1. The van der Waals surface area contributed by atoms with Crippen LogP contribution in [0.5, 0.6) is 0 Å². The number of rotatable bonds is 5. The number of aliphatic hydroxyl groups is 1. The van der Waals surface area contributed by atoms with Gasteiger partial charge in [-0.25, -0.2) is 0 Å². The fourth-order valence-corrected chi connectivity index (χ4v) is 4.44. The van der Waals surface area contributed by atoms with Gasteiger partial charge >= 0.3 is 0 Å². The summed E-state index contributed by atoms with van der Waals surface area (Å²) in [5, 5.41) is 12.2. The number of likely N-dealkylation sites (tertiary alicyclic amines) is 1. The average molecular weight is 437 g/mol. The van der Waals surface area contributed by atoms with Crippen molar-refractivity contribution in [3.63, 3.8) is 0 Å². The zero-order valence-electron chi connectivity index (χ0n) is 18.2. The first-order chi connectivity index (χ1) is 16.0. The van der Waals surface area contributed by atoms with Gasteiger partial charge < -0.3 is 15.0 Å². The number of hydrogen-bond donors (Lipinski definition) is 2. The van der Waals surface area contributed by atoms with Gasteiger partial charge in [0.05, 0.1) is 11.6 Å². The molecule has 1 fully saturated rings. The number of aromatic nitrogens is 2. The molecular weight excluding hydrogens is 414 g/mol. The highest BCUT2D eigenvalue weighted by Crippen LogP contribution is 2.39. The zero-order valence-corrected chi connectivity index (χ0v) is 18.2. The van der Waals surface area contributed by atoms with E-state index in [0.29, 0.717) is 24.1 Å². The maximum Gasteiger partial charge on any atom is 0.295 e. The number of ketones is 1. The third-order valence-corrected chi connectivity index (χ3v) is 6.16. The highest BCUT2D eigenvalue weighted by atomic mass is 16.3. The van der Waals surface area contributed by atoms with Crippen LogP contribution in [0.25, 0.3) is 16.7 Å². The average Bonchev–Trinajstić information content (AvgIpc) is 3.37. The molecule has 164 valence electrons. The Morgan fingerprint density at radius 3 is 2.61 bits per heavy atom. The highest BCUT2D eigenvalue weighted by Gasteiger charge is 2.46. The number of carbonyl (C=O) groups excluding carboxylic acids is 2. The first kappa shape index (κ1) is 20.7. The van der Waals surface area contributed by atoms with E-state index in [1.165, 1.54) is 0 Å². The van der Waals surface area contributed by atoms with Gasteiger partial charge in [-0.05, 0) is 36.6 Å². The van der Waals surface area contributed by atoms with Crippen LogP contribution in [0.1, 0.15) is 28.3 Å². The summed E-state index contributed by atoms with van der Waals surface area (Å²) in [4.78, 5) is 35.2. The van der Waals surface area contributed by atoms with Crippen molar-refractivity contribution in [3.8, 4) is 0 Å². The number of H-pyrrole nitrogens is 1. The second-order valence-corrected chi connectivity index (χ2v) is 8.25. The van der Waals surface area contributed by atoms with E-state index in [2.05, 4.69) is 9.97 Å². The summed E-state index contributed by atoms with van der Waals surface area (Å²) in [6.07, 6.45) is 5.78. The molecule has 0 aliphatic carbocycles. The molecular formula is C27H23N3O3. The molecule has 2 N–H and O–H groups in total. The smallest absolute Gasteiger partial charge is 0.295 e. The van der Waals surface area contributed by atoms with Crippen LogP contribution in [-0.2, 0) is 16.0 Å². The molecule has 0 bridgehead atoms. The molecule has 2 aromatic carbocycles. The number of aliphatic hydroxyl groups excluding tert-OH is 1. The monoisotopic (exact) mass is 437 g/mol. The molecule has 6 nitrogen and oxygen atoms in total. The fourth-order valence-electron chi connectivity index (χ4n) is 4.44. The summed E-state index contributed by atoms with van der Waals surface area (Å²) in [6, 6.07) is 18.1. The molecule has 1 aliphatic rings. The summed E-state index contributed by atoms with van der Waals surface area (Å²) < 4.78 is 0. The van der Waals surface area contributed by atoms with Gasteiger partial charge in [0.2, 0.25) is 0 Å². The van der Waals surface area contributed by atoms with Crippen LogP contribution in [0.3, 0.4) is 0 Å². The number of carbonyl (C=O) groups is 2. The number of Topliss-reactive ketones (excluding diaryl/α,β-unsaturated/α-hetero) is 1. The number of pyridine rings is 1. The van der Waals surface area contributed by atoms with E-state index in [4.69, 9.17) is 0 Å². The van der Waals surface area contributed by atoms with Gasteiger partial charge in [0.1, 0.15) is 5.76 Å². The maximum absolute atomic E-state index is 13.1. The first-order valence-electron chi connectivity index (χ1n) is 10.8. The number of nitrogens with zero attached hydrogens (tertiary/aromatic N) is 2. The van der Waals surface area contributed by atoms with E-state index in [1.807, 2.05) is 55.6 Å². The Hall–Kier alpha value is -4.19. The van der Waals surface area contributed by atoms with E-state index in [1.54, 1.807) is 35.5 Å².